The topological polar surface area (TPSA) is 66.5 Å². The first-order chi connectivity index (χ1) is 7.10. The molecule has 0 saturated carbocycles. The van der Waals surface area contributed by atoms with E-state index in [2.05, 4.69) is 5.32 Å². The van der Waals surface area contributed by atoms with Gasteiger partial charge in [-0.05, 0) is 6.26 Å². The Balaban J connectivity index is 2.51. The minimum atomic E-state index is -0.281. The summed E-state index contributed by atoms with van der Waals surface area (Å²) in [6.45, 7) is 1.72. The zero-order chi connectivity index (χ0) is 11.4. The lowest BCUT2D eigenvalue weighted by Crippen LogP contribution is -2.41. The van der Waals surface area contributed by atoms with E-state index in [0.717, 1.165) is 4.90 Å². The van der Waals surface area contributed by atoms with Crippen molar-refractivity contribution in [1.82, 2.24) is 10.2 Å². The molecule has 0 radical (unpaired) electrons. The largest absolute Gasteiger partial charge is 0.338 e. The van der Waals surface area contributed by atoms with E-state index in [1.165, 1.54) is 11.8 Å². The number of imide groups is 1. The highest BCUT2D eigenvalue weighted by atomic mass is 32.2. The molecule has 15 heavy (non-hydrogen) atoms. The Hall–Kier alpha value is -1.04. The summed E-state index contributed by atoms with van der Waals surface area (Å²) in [6, 6.07) is 0. The smallest absolute Gasteiger partial charge is 0.244 e. The molecule has 0 aromatic rings. The molecule has 1 N–H and O–H groups in total. The monoisotopic (exact) mass is 230 g/mol. The first kappa shape index (κ1) is 12.0. The minimum Gasteiger partial charge on any atom is -0.338 e. The van der Waals surface area contributed by atoms with Gasteiger partial charge in [0.25, 0.3) is 0 Å². The van der Waals surface area contributed by atoms with Crippen LogP contribution in [0.25, 0.3) is 0 Å². The number of carbonyl (C=O) groups excluding carboxylic acids is 3. The van der Waals surface area contributed by atoms with Gasteiger partial charge in [0.2, 0.25) is 17.7 Å². The fourth-order valence-electron chi connectivity index (χ4n) is 1.30. The van der Waals surface area contributed by atoms with Crippen LogP contribution in [0.5, 0.6) is 0 Å². The number of rotatable bonds is 4. The number of likely N-dealkylation sites (tertiary alicyclic amines) is 1. The molecule has 0 spiro atoms. The molecule has 84 valence electrons. The average molecular weight is 230 g/mol. The summed E-state index contributed by atoms with van der Waals surface area (Å²) in [6.07, 6.45) is 2.38. The second kappa shape index (κ2) is 5.16. The highest BCUT2D eigenvalue weighted by Crippen LogP contribution is 2.22. The third-order valence-electron chi connectivity index (χ3n) is 2.24. The number of nitrogens with zero attached hydrogens (tertiary/aromatic N) is 1. The molecule has 1 heterocycles. The van der Waals surface area contributed by atoms with Crippen LogP contribution in [0.4, 0.5) is 0 Å². The lowest BCUT2D eigenvalue weighted by molar-refractivity contribution is -0.139. The van der Waals surface area contributed by atoms with Crippen molar-refractivity contribution in [1.29, 1.82) is 0 Å². The first-order valence-electron chi connectivity index (χ1n) is 4.73. The molecule has 5 nitrogen and oxygen atoms in total. The van der Waals surface area contributed by atoms with E-state index in [4.69, 9.17) is 0 Å². The van der Waals surface area contributed by atoms with E-state index in [0.29, 0.717) is 6.42 Å². The Kier molecular flexibility index (Phi) is 4.14. The third kappa shape index (κ3) is 2.71. The van der Waals surface area contributed by atoms with E-state index in [1.54, 1.807) is 13.2 Å². The molecule has 0 aromatic carbocycles. The highest BCUT2D eigenvalue weighted by Gasteiger charge is 2.37. The van der Waals surface area contributed by atoms with Crippen molar-refractivity contribution in [3.8, 4) is 0 Å². The standard InChI is InChI=1S/C9H14N2O3S/c1-3-7(12)10-5-11-8(13)4-6(15-2)9(11)14/h6H,3-5H2,1-2H3,(H,10,12). The quantitative estimate of drug-likeness (QED) is 0.688. The number of nitrogens with one attached hydrogen (secondary N) is 1. The first-order valence-corrected chi connectivity index (χ1v) is 6.02. The normalized spacial score (nSPS) is 20.9. The average Bonchev–Trinajstić information content (AvgIpc) is 2.51. The van der Waals surface area contributed by atoms with Gasteiger partial charge in [-0.25, -0.2) is 0 Å². The maximum Gasteiger partial charge on any atom is 0.244 e. The van der Waals surface area contributed by atoms with Crippen molar-refractivity contribution < 1.29 is 14.4 Å². The maximum atomic E-state index is 11.6. The van der Waals surface area contributed by atoms with E-state index in [9.17, 15) is 14.4 Å². The number of amides is 3. The predicted octanol–water partition coefficient (Wildman–Crippen LogP) is -0.0394. The molecule has 1 fully saturated rings. The SMILES string of the molecule is CCC(=O)NCN1C(=O)CC(SC)C1=O. The van der Waals surface area contributed by atoms with Gasteiger partial charge in [-0.3, -0.25) is 19.3 Å². The molecule has 0 aromatic heterocycles. The fourth-order valence-corrected chi connectivity index (χ4v) is 1.93. The van der Waals surface area contributed by atoms with Gasteiger partial charge < -0.3 is 5.32 Å². The van der Waals surface area contributed by atoms with Gasteiger partial charge in [0.05, 0.1) is 5.25 Å². The van der Waals surface area contributed by atoms with Gasteiger partial charge in [-0.2, -0.15) is 11.8 Å². The summed E-state index contributed by atoms with van der Waals surface area (Å²) < 4.78 is 0. The molecule has 1 saturated heterocycles. The zero-order valence-corrected chi connectivity index (χ0v) is 9.60. The van der Waals surface area contributed by atoms with Crippen molar-refractivity contribution in [2.45, 2.75) is 25.0 Å². The highest BCUT2D eigenvalue weighted by molar-refractivity contribution is 8.00. The lowest BCUT2D eigenvalue weighted by atomic mass is 10.4. The van der Waals surface area contributed by atoms with Crippen LogP contribution >= 0.6 is 11.8 Å². The van der Waals surface area contributed by atoms with Gasteiger partial charge in [-0.1, -0.05) is 6.92 Å². The molecule has 0 aliphatic carbocycles. The molecule has 6 heteroatoms. The van der Waals surface area contributed by atoms with E-state index >= 15 is 0 Å². The van der Waals surface area contributed by atoms with Crippen LogP contribution in [0.15, 0.2) is 0 Å². The molecule has 1 rings (SSSR count). The van der Waals surface area contributed by atoms with Crippen LogP contribution in [0.3, 0.4) is 0 Å². The molecule has 1 atom stereocenters. The number of carbonyl (C=O) groups is 3. The van der Waals surface area contributed by atoms with Crippen LogP contribution in [0.1, 0.15) is 19.8 Å². The van der Waals surface area contributed by atoms with Gasteiger partial charge in [0.15, 0.2) is 0 Å². The van der Waals surface area contributed by atoms with E-state index < -0.39 is 0 Å². The second-order valence-electron chi connectivity index (χ2n) is 3.20. The Morgan fingerprint density at radius 2 is 2.27 bits per heavy atom. The van der Waals surface area contributed by atoms with Crippen LogP contribution in [0, 0.1) is 0 Å². The van der Waals surface area contributed by atoms with Crippen LogP contribution in [-0.4, -0.2) is 40.8 Å². The van der Waals surface area contributed by atoms with Crippen molar-refractivity contribution in [3.05, 3.63) is 0 Å². The second-order valence-corrected chi connectivity index (χ2v) is 4.24. The molecular formula is C9H14N2O3S. The summed E-state index contributed by atoms with van der Waals surface area (Å²) >= 11 is 1.36. The van der Waals surface area contributed by atoms with Gasteiger partial charge in [-0.15, -0.1) is 0 Å². The molecule has 1 aliphatic rings. The van der Waals surface area contributed by atoms with E-state index in [-0.39, 0.29) is 36.1 Å². The Labute approximate surface area is 92.6 Å². The molecule has 0 bridgehead atoms. The summed E-state index contributed by atoms with van der Waals surface area (Å²) in [4.78, 5) is 35.0. The van der Waals surface area contributed by atoms with Crippen molar-refractivity contribution in [2.75, 3.05) is 12.9 Å². The number of hydrogen-bond acceptors (Lipinski definition) is 4. The summed E-state index contributed by atoms with van der Waals surface area (Å²) in [5.74, 6) is -0.581. The molecular weight excluding hydrogens is 216 g/mol. The molecule has 1 unspecified atom stereocenters. The summed E-state index contributed by atoms with van der Waals surface area (Å²) in [5, 5.41) is 2.23. The predicted molar refractivity (Wildman–Crippen MR) is 57.1 cm³/mol. The fraction of sp³-hybridized carbons (Fsp3) is 0.667. The van der Waals surface area contributed by atoms with Crippen molar-refractivity contribution in [3.63, 3.8) is 0 Å². The maximum absolute atomic E-state index is 11.6. The summed E-state index contributed by atoms with van der Waals surface area (Å²) in [7, 11) is 0. The molecule has 1 aliphatic heterocycles. The Bertz CT molecular complexity index is 293. The number of thioether (sulfide) groups is 1. The van der Waals surface area contributed by atoms with Crippen LogP contribution in [-0.2, 0) is 14.4 Å². The van der Waals surface area contributed by atoms with Gasteiger partial charge in [0, 0.05) is 12.8 Å². The van der Waals surface area contributed by atoms with Gasteiger partial charge in [0.1, 0.15) is 6.67 Å². The lowest BCUT2D eigenvalue weighted by Gasteiger charge is -2.14. The third-order valence-corrected chi connectivity index (χ3v) is 3.18. The Morgan fingerprint density at radius 1 is 1.60 bits per heavy atom. The van der Waals surface area contributed by atoms with Crippen LogP contribution in [0.2, 0.25) is 0 Å². The van der Waals surface area contributed by atoms with Crippen molar-refractivity contribution >= 4 is 29.5 Å². The number of hydrogen-bond donors (Lipinski definition) is 1. The minimum absolute atomic E-state index is 0.00139. The summed E-state index contributed by atoms with van der Waals surface area (Å²) in [5.41, 5.74) is 0. The Morgan fingerprint density at radius 3 is 2.73 bits per heavy atom. The van der Waals surface area contributed by atoms with E-state index in [1.807, 2.05) is 0 Å². The van der Waals surface area contributed by atoms with Crippen LogP contribution < -0.4 is 5.32 Å². The van der Waals surface area contributed by atoms with Crippen molar-refractivity contribution in [2.24, 2.45) is 0 Å². The zero-order valence-electron chi connectivity index (χ0n) is 8.78. The van der Waals surface area contributed by atoms with Gasteiger partial charge >= 0.3 is 0 Å². The molecule has 3 amide bonds.